The number of thiophene rings is 1. The second-order valence-corrected chi connectivity index (χ2v) is 9.82. The van der Waals surface area contributed by atoms with Gasteiger partial charge in [0.15, 0.2) is 0 Å². The molecular formula is C23H25ClN2O4S. The number of carboxylic acid groups (broad SMARTS) is 1. The van der Waals surface area contributed by atoms with E-state index in [0.29, 0.717) is 34.1 Å². The Morgan fingerprint density at radius 2 is 1.81 bits per heavy atom. The van der Waals surface area contributed by atoms with Crippen LogP contribution in [0.4, 0.5) is 10.7 Å². The first-order chi connectivity index (χ1) is 14.8. The van der Waals surface area contributed by atoms with Gasteiger partial charge in [0.2, 0.25) is 5.91 Å². The fourth-order valence-corrected chi connectivity index (χ4v) is 6.01. The number of carbonyl (C=O) groups is 3. The summed E-state index contributed by atoms with van der Waals surface area (Å²) in [5.74, 6) is -2.77. The topological polar surface area (TPSA) is 95.5 Å². The smallest absolute Gasteiger partial charge is 0.307 e. The van der Waals surface area contributed by atoms with Gasteiger partial charge in [0.05, 0.1) is 17.4 Å². The summed E-state index contributed by atoms with van der Waals surface area (Å²) in [6.45, 7) is 1.89. The average molecular weight is 461 g/mol. The molecule has 0 saturated heterocycles. The molecule has 2 aliphatic carbocycles. The highest BCUT2D eigenvalue weighted by Crippen LogP contribution is 2.40. The first kappa shape index (κ1) is 21.8. The third-order valence-corrected chi connectivity index (χ3v) is 7.85. The number of rotatable bonds is 5. The van der Waals surface area contributed by atoms with E-state index in [1.165, 1.54) is 11.3 Å². The Morgan fingerprint density at radius 1 is 1.06 bits per heavy atom. The number of aryl methyl sites for hydroxylation is 2. The van der Waals surface area contributed by atoms with Gasteiger partial charge in [-0.2, -0.15) is 0 Å². The highest BCUT2D eigenvalue weighted by molar-refractivity contribution is 7.17. The molecule has 2 amide bonds. The lowest BCUT2D eigenvalue weighted by atomic mass is 9.79. The van der Waals surface area contributed by atoms with Crippen LogP contribution in [0, 0.1) is 18.8 Å². The Bertz CT molecular complexity index is 1050. The lowest BCUT2D eigenvalue weighted by Gasteiger charge is -2.27. The summed E-state index contributed by atoms with van der Waals surface area (Å²) in [7, 11) is 0. The normalized spacial score (nSPS) is 20.2. The molecule has 0 bridgehead atoms. The number of hydrogen-bond acceptors (Lipinski definition) is 4. The van der Waals surface area contributed by atoms with Crippen LogP contribution in [-0.4, -0.2) is 22.9 Å². The molecule has 1 heterocycles. The van der Waals surface area contributed by atoms with E-state index in [1.54, 1.807) is 12.1 Å². The predicted molar refractivity (Wildman–Crippen MR) is 122 cm³/mol. The van der Waals surface area contributed by atoms with E-state index in [1.807, 2.05) is 13.0 Å². The van der Waals surface area contributed by atoms with Gasteiger partial charge < -0.3 is 15.7 Å². The summed E-state index contributed by atoms with van der Waals surface area (Å²) in [6, 6.07) is 5.34. The molecular weight excluding hydrogens is 436 g/mol. The zero-order valence-corrected chi connectivity index (χ0v) is 18.9. The van der Waals surface area contributed by atoms with Crippen molar-refractivity contribution in [3.8, 4) is 0 Å². The van der Waals surface area contributed by atoms with Gasteiger partial charge in [-0.25, -0.2) is 0 Å². The molecule has 0 aliphatic heterocycles. The van der Waals surface area contributed by atoms with Crippen molar-refractivity contribution in [2.24, 2.45) is 11.8 Å². The third-order valence-electron chi connectivity index (χ3n) is 6.23. The van der Waals surface area contributed by atoms with Crippen molar-refractivity contribution in [3.05, 3.63) is 44.8 Å². The fraction of sp³-hybridized carbons (Fsp3) is 0.435. The maximum absolute atomic E-state index is 13.2. The van der Waals surface area contributed by atoms with E-state index in [4.69, 9.17) is 11.6 Å². The molecule has 164 valence electrons. The number of benzene rings is 1. The summed E-state index contributed by atoms with van der Waals surface area (Å²) in [5, 5.41) is 16.4. The summed E-state index contributed by atoms with van der Waals surface area (Å²) in [4.78, 5) is 38.9. The van der Waals surface area contributed by atoms with Crippen LogP contribution >= 0.6 is 22.9 Å². The Hall–Kier alpha value is -2.38. The fourth-order valence-electron chi connectivity index (χ4n) is 4.54. The molecule has 3 N–H and O–H groups in total. The number of amides is 2. The van der Waals surface area contributed by atoms with Crippen LogP contribution in [0.5, 0.6) is 0 Å². The number of anilines is 2. The molecule has 2 aliphatic rings. The van der Waals surface area contributed by atoms with Crippen LogP contribution in [0.2, 0.25) is 5.02 Å². The van der Waals surface area contributed by atoms with Crippen LogP contribution in [0.1, 0.15) is 58.5 Å². The zero-order chi connectivity index (χ0) is 22.1. The molecule has 0 spiro atoms. The van der Waals surface area contributed by atoms with Gasteiger partial charge in [0, 0.05) is 15.6 Å². The molecule has 6 nitrogen and oxygen atoms in total. The first-order valence-electron chi connectivity index (χ1n) is 10.6. The van der Waals surface area contributed by atoms with Crippen molar-refractivity contribution in [1.82, 2.24) is 0 Å². The maximum atomic E-state index is 13.2. The number of halogens is 1. The van der Waals surface area contributed by atoms with Crippen molar-refractivity contribution >= 4 is 51.4 Å². The minimum atomic E-state index is -0.928. The van der Waals surface area contributed by atoms with Gasteiger partial charge in [0.25, 0.3) is 5.91 Å². The summed E-state index contributed by atoms with van der Waals surface area (Å²) in [5.41, 5.74) is 2.98. The van der Waals surface area contributed by atoms with E-state index in [-0.39, 0.29) is 11.8 Å². The number of hydrogen-bond donors (Lipinski definition) is 3. The maximum Gasteiger partial charge on any atom is 0.307 e. The van der Waals surface area contributed by atoms with Crippen LogP contribution in [0.3, 0.4) is 0 Å². The molecule has 8 heteroatoms. The second-order valence-electron chi connectivity index (χ2n) is 8.30. The molecule has 1 saturated carbocycles. The average Bonchev–Trinajstić information content (AvgIpc) is 3.31. The van der Waals surface area contributed by atoms with Crippen LogP contribution in [0.15, 0.2) is 18.2 Å². The molecule has 0 radical (unpaired) electrons. The Kier molecular flexibility index (Phi) is 6.34. The van der Waals surface area contributed by atoms with E-state index in [0.717, 1.165) is 48.1 Å². The lowest BCUT2D eigenvalue weighted by Crippen LogP contribution is -2.36. The Balaban J connectivity index is 1.59. The van der Waals surface area contributed by atoms with Gasteiger partial charge in [-0.3, -0.25) is 14.4 Å². The van der Waals surface area contributed by atoms with Gasteiger partial charge in [-0.1, -0.05) is 30.5 Å². The quantitative estimate of drug-likeness (QED) is 0.565. The molecule has 1 aromatic heterocycles. The number of carbonyl (C=O) groups excluding carboxylic acids is 2. The van der Waals surface area contributed by atoms with Crippen LogP contribution in [0.25, 0.3) is 0 Å². The van der Waals surface area contributed by atoms with Crippen LogP contribution in [-0.2, 0) is 22.4 Å². The van der Waals surface area contributed by atoms with Crippen molar-refractivity contribution in [3.63, 3.8) is 0 Å². The van der Waals surface area contributed by atoms with E-state index < -0.39 is 17.8 Å². The van der Waals surface area contributed by atoms with Crippen molar-refractivity contribution < 1.29 is 19.5 Å². The van der Waals surface area contributed by atoms with E-state index in [9.17, 15) is 19.5 Å². The molecule has 4 rings (SSSR count). The molecule has 1 fully saturated rings. The Morgan fingerprint density at radius 3 is 2.52 bits per heavy atom. The van der Waals surface area contributed by atoms with Crippen molar-refractivity contribution in [2.45, 2.75) is 51.9 Å². The largest absolute Gasteiger partial charge is 0.481 e. The molecule has 2 atom stereocenters. The van der Waals surface area contributed by atoms with Gasteiger partial charge in [-0.15, -0.1) is 11.3 Å². The van der Waals surface area contributed by atoms with Crippen LogP contribution < -0.4 is 10.6 Å². The number of nitrogens with one attached hydrogen (secondary N) is 2. The van der Waals surface area contributed by atoms with E-state index >= 15 is 0 Å². The van der Waals surface area contributed by atoms with Gasteiger partial charge in [0.1, 0.15) is 5.00 Å². The molecule has 31 heavy (non-hydrogen) atoms. The minimum absolute atomic E-state index is 0.284. The number of aliphatic carboxylic acids is 1. The lowest BCUT2D eigenvalue weighted by molar-refractivity contribution is -0.147. The summed E-state index contributed by atoms with van der Waals surface area (Å²) in [6.07, 6.45) is 5.38. The minimum Gasteiger partial charge on any atom is -0.481 e. The summed E-state index contributed by atoms with van der Waals surface area (Å²) >= 11 is 7.62. The van der Waals surface area contributed by atoms with E-state index in [2.05, 4.69) is 10.6 Å². The molecule has 2 unspecified atom stereocenters. The Labute approximate surface area is 190 Å². The molecule has 2 aromatic rings. The number of carboxylic acids is 1. The highest BCUT2D eigenvalue weighted by Gasteiger charge is 2.37. The number of fused-ring (bicyclic) bond motifs is 1. The zero-order valence-electron chi connectivity index (χ0n) is 17.3. The molecule has 1 aromatic carbocycles. The SMILES string of the molecule is Cc1ccc(NC(=O)c2c(NC(=O)C3CCCCC3C(=O)O)sc3c2CCC3)cc1Cl. The van der Waals surface area contributed by atoms with Crippen molar-refractivity contribution in [2.75, 3.05) is 10.6 Å². The highest BCUT2D eigenvalue weighted by atomic mass is 35.5. The summed E-state index contributed by atoms with van der Waals surface area (Å²) < 4.78 is 0. The first-order valence-corrected chi connectivity index (χ1v) is 11.8. The standard InChI is InChI=1S/C23H25ClN2O4S/c1-12-9-10-13(11-17(12)24)25-21(28)19-16-7-4-8-18(16)31-22(19)26-20(27)14-5-2-3-6-15(14)23(29)30/h9-11,14-15H,2-8H2,1H3,(H,25,28)(H,26,27)(H,29,30). The second kappa shape index (κ2) is 9.01. The van der Waals surface area contributed by atoms with Gasteiger partial charge in [-0.05, 0) is 62.3 Å². The third kappa shape index (κ3) is 4.48. The predicted octanol–water partition coefficient (Wildman–Crippen LogP) is 5.28. The van der Waals surface area contributed by atoms with Crippen molar-refractivity contribution in [1.29, 1.82) is 0 Å². The van der Waals surface area contributed by atoms with Gasteiger partial charge >= 0.3 is 5.97 Å². The monoisotopic (exact) mass is 460 g/mol.